The van der Waals surface area contributed by atoms with Gasteiger partial charge in [-0.3, -0.25) is 9.59 Å². The van der Waals surface area contributed by atoms with E-state index in [4.69, 9.17) is 11.2 Å². The van der Waals surface area contributed by atoms with Crippen molar-refractivity contribution in [2.75, 3.05) is 11.9 Å². The van der Waals surface area contributed by atoms with Gasteiger partial charge >= 0.3 is 0 Å². The molecule has 1 amide bonds. The molecule has 21 heavy (non-hydrogen) atoms. The standard InChI is InChI=1S/C15H11FN2O3/c1-2-7-21-13-5-4-11(16)8-12(13)18-15(20)10-3-6-14(19)17-9-10/h1,3-6,8-9H,7H2,(H,17,19)(H,18,20). The first kappa shape index (κ1) is 14.3. The van der Waals surface area contributed by atoms with Gasteiger partial charge < -0.3 is 15.0 Å². The molecule has 106 valence electrons. The van der Waals surface area contributed by atoms with Crippen LogP contribution in [-0.4, -0.2) is 17.5 Å². The van der Waals surface area contributed by atoms with E-state index >= 15 is 0 Å². The molecule has 0 bridgehead atoms. The van der Waals surface area contributed by atoms with Gasteiger partial charge in [0, 0.05) is 18.3 Å². The molecule has 0 fully saturated rings. The Labute approximate surface area is 119 Å². The first-order chi connectivity index (χ1) is 10.1. The van der Waals surface area contributed by atoms with Crippen LogP contribution in [0, 0.1) is 18.2 Å². The maximum absolute atomic E-state index is 13.3. The summed E-state index contributed by atoms with van der Waals surface area (Å²) in [4.78, 5) is 25.3. The molecular formula is C15H11FN2O3. The second-order valence-corrected chi connectivity index (χ2v) is 4.03. The Morgan fingerprint density at radius 1 is 1.38 bits per heavy atom. The van der Waals surface area contributed by atoms with E-state index in [1.165, 1.54) is 30.5 Å². The van der Waals surface area contributed by atoms with E-state index in [1.54, 1.807) is 0 Å². The third-order valence-electron chi connectivity index (χ3n) is 2.55. The SMILES string of the molecule is C#CCOc1ccc(F)cc1NC(=O)c1ccc(=O)[nH]c1. The van der Waals surface area contributed by atoms with Crippen LogP contribution in [0.4, 0.5) is 10.1 Å². The quantitative estimate of drug-likeness (QED) is 0.842. The molecular weight excluding hydrogens is 275 g/mol. The topological polar surface area (TPSA) is 71.2 Å². The molecule has 1 aromatic carbocycles. The number of aromatic amines is 1. The van der Waals surface area contributed by atoms with Gasteiger partial charge in [0.25, 0.3) is 5.91 Å². The lowest BCUT2D eigenvalue weighted by molar-refractivity contribution is 0.102. The largest absolute Gasteiger partial charge is 0.479 e. The minimum Gasteiger partial charge on any atom is -0.479 e. The van der Waals surface area contributed by atoms with Crippen LogP contribution in [0.1, 0.15) is 10.4 Å². The third kappa shape index (κ3) is 3.70. The second kappa shape index (κ2) is 6.39. The summed E-state index contributed by atoms with van der Waals surface area (Å²) in [6.07, 6.45) is 6.36. The average molecular weight is 286 g/mol. The lowest BCUT2D eigenvalue weighted by Crippen LogP contribution is -2.15. The molecule has 0 atom stereocenters. The number of anilines is 1. The average Bonchev–Trinajstić information content (AvgIpc) is 2.47. The summed E-state index contributed by atoms with van der Waals surface area (Å²) in [6.45, 7) is -0.00679. The molecule has 0 aliphatic heterocycles. The number of carbonyl (C=O) groups is 1. The summed E-state index contributed by atoms with van der Waals surface area (Å²) in [5.74, 6) is 1.50. The van der Waals surface area contributed by atoms with Crippen molar-refractivity contribution in [3.63, 3.8) is 0 Å². The number of pyridine rings is 1. The highest BCUT2D eigenvalue weighted by atomic mass is 19.1. The molecule has 0 radical (unpaired) electrons. The monoisotopic (exact) mass is 286 g/mol. The number of benzene rings is 1. The molecule has 5 nitrogen and oxygen atoms in total. The predicted molar refractivity (Wildman–Crippen MR) is 75.7 cm³/mol. The van der Waals surface area contributed by atoms with E-state index in [2.05, 4.69) is 16.2 Å². The number of nitrogens with one attached hydrogen (secondary N) is 2. The maximum Gasteiger partial charge on any atom is 0.257 e. The summed E-state index contributed by atoms with van der Waals surface area (Å²) in [6, 6.07) is 6.26. The van der Waals surface area contributed by atoms with E-state index in [1.807, 2.05) is 0 Å². The number of halogens is 1. The van der Waals surface area contributed by atoms with Crippen molar-refractivity contribution in [3.05, 3.63) is 58.3 Å². The molecule has 0 aliphatic rings. The van der Waals surface area contributed by atoms with Crippen LogP contribution in [-0.2, 0) is 0 Å². The number of hydrogen-bond acceptors (Lipinski definition) is 3. The Balaban J connectivity index is 2.23. The van der Waals surface area contributed by atoms with Gasteiger partial charge in [-0.1, -0.05) is 5.92 Å². The highest BCUT2D eigenvalue weighted by Gasteiger charge is 2.11. The van der Waals surface area contributed by atoms with Crippen molar-refractivity contribution in [3.8, 4) is 18.1 Å². The van der Waals surface area contributed by atoms with Gasteiger partial charge in [0.2, 0.25) is 5.56 Å². The Bertz CT molecular complexity index is 742. The highest BCUT2D eigenvalue weighted by Crippen LogP contribution is 2.25. The van der Waals surface area contributed by atoms with Crippen molar-refractivity contribution >= 4 is 11.6 Å². The van der Waals surface area contributed by atoms with Crippen LogP contribution < -0.4 is 15.6 Å². The number of hydrogen-bond donors (Lipinski definition) is 2. The zero-order valence-corrected chi connectivity index (χ0v) is 10.9. The number of carbonyl (C=O) groups excluding carboxylic acids is 1. The summed E-state index contributed by atoms with van der Waals surface area (Å²) in [5, 5.41) is 2.50. The fourth-order valence-corrected chi connectivity index (χ4v) is 1.59. The van der Waals surface area contributed by atoms with Gasteiger partial charge in [0.15, 0.2) is 0 Å². The van der Waals surface area contributed by atoms with E-state index < -0.39 is 11.7 Å². The van der Waals surface area contributed by atoms with Gasteiger partial charge in [-0.05, 0) is 18.2 Å². The van der Waals surface area contributed by atoms with Gasteiger partial charge in [-0.15, -0.1) is 6.42 Å². The fourth-order valence-electron chi connectivity index (χ4n) is 1.59. The zero-order chi connectivity index (χ0) is 15.2. The van der Waals surface area contributed by atoms with Crippen LogP contribution in [0.2, 0.25) is 0 Å². The van der Waals surface area contributed by atoms with Crippen molar-refractivity contribution in [1.29, 1.82) is 0 Å². The lowest BCUT2D eigenvalue weighted by Gasteiger charge is -2.11. The van der Waals surface area contributed by atoms with Crippen LogP contribution in [0.3, 0.4) is 0 Å². The highest BCUT2D eigenvalue weighted by molar-refractivity contribution is 6.04. The Kier molecular flexibility index (Phi) is 4.36. The molecule has 2 rings (SSSR count). The number of amides is 1. The van der Waals surface area contributed by atoms with E-state index in [0.29, 0.717) is 0 Å². The lowest BCUT2D eigenvalue weighted by atomic mass is 10.2. The van der Waals surface area contributed by atoms with Crippen molar-refractivity contribution < 1.29 is 13.9 Å². The smallest absolute Gasteiger partial charge is 0.257 e. The predicted octanol–water partition coefficient (Wildman–Crippen LogP) is 1.78. The second-order valence-electron chi connectivity index (χ2n) is 4.03. The number of terminal acetylenes is 1. The van der Waals surface area contributed by atoms with Crippen LogP contribution in [0.25, 0.3) is 0 Å². The minimum absolute atomic E-state index is 0.00679. The molecule has 1 heterocycles. The van der Waals surface area contributed by atoms with Crippen molar-refractivity contribution in [2.24, 2.45) is 0 Å². The van der Waals surface area contributed by atoms with Crippen LogP contribution in [0.15, 0.2) is 41.3 Å². The fraction of sp³-hybridized carbons (Fsp3) is 0.0667. The molecule has 0 saturated heterocycles. The summed E-state index contributed by atoms with van der Waals surface area (Å²) < 4.78 is 18.5. The van der Waals surface area contributed by atoms with E-state index in [9.17, 15) is 14.0 Å². The molecule has 0 spiro atoms. The maximum atomic E-state index is 13.3. The van der Waals surface area contributed by atoms with Gasteiger partial charge in [-0.25, -0.2) is 4.39 Å². The first-order valence-corrected chi connectivity index (χ1v) is 5.96. The van der Waals surface area contributed by atoms with Crippen molar-refractivity contribution in [2.45, 2.75) is 0 Å². The number of aromatic nitrogens is 1. The Hall–Kier alpha value is -3.07. The third-order valence-corrected chi connectivity index (χ3v) is 2.55. The normalized spacial score (nSPS) is 9.71. The van der Waals surface area contributed by atoms with Gasteiger partial charge in [0.1, 0.15) is 18.2 Å². The van der Waals surface area contributed by atoms with Crippen molar-refractivity contribution in [1.82, 2.24) is 4.98 Å². The number of H-pyrrole nitrogens is 1. The Morgan fingerprint density at radius 2 is 2.19 bits per heavy atom. The van der Waals surface area contributed by atoms with E-state index in [-0.39, 0.29) is 29.2 Å². The molecule has 2 aromatic rings. The van der Waals surface area contributed by atoms with Crippen LogP contribution >= 0.6 is 0 Å². The minimum atomic E-state index is -0.528. The zero-order valence-electron chi connectivity index (χ0n) is 10.9. The Morgan fingerprint density at radius 3 is 2.86 bits per heavy atom. The molecule has 0 saturated carbocycles. The van der Waals surface area contributed by atoms with Gasteiger partial charge in [0.05, 0.1) is 11.3 Å². The summed E-state index contributed by atoms with van der Waals surface area (Å²) in [5.41, 5.74) is 0.0542. The number of rotatable bonds is 4. The molecule has 0 unspecified atom stereocenters. The number of ether oxygens (including phenoxy) is 1. The molecule has 1 aromatic heterocycles. The van der Waals surface area contributed by atoms with Gasteiger partial charge in [-0.2, -0.15) is 0 Å². The van der Waals surface area contributed by atoms with E-state index in [0.717, 1.165) is 6.07 Å². The molecule has 6 heteroatoms. The first-order valence-electron chi connectivity index (χ1n) is 5.96. The summed E-state index contributed by atoms with van der Waals surface area (Å²) in [7, 11) is 0. The van der Waals surface area contributed by atoms with Crippen LogP contribution in [0.5, 0.6) is 5.75 Å². The molecule has 2 N–H and O–H groups in total. The summed E-state index contributed by atoms with van der Waals surface area (Å²) >= 11 is 0. The molecule has 0 aliphatic carbocycles.